The quantitative estimate of drug-likeness (QED) is 0.0244. The van der Waals surface area contributed by atoms with E-state index in [2.05, 4.69) is 31.6 Å². The molecule has 4 aliphatic heterocycles. The van der Waals surface area contributed by atoms with E-state index in [1.165, 1.54) is 26.5 Å². The van der Waals surface area contributed by atoms with E-state index in [0.29, 0.717) is 25.7 Å². The number of aliphatic imine (C=N–C) groups is 1. The van der Waals surface area contributed by atoms with E-state index in [9.17, 15) is 67.7 Å². The van der Waals surface area contributed by atoms with Crippen LogP contribution in [-0.4, -0.2) is 206 Å². The Kier molecular flexibility index (Phi) is 20.6. The van der Waals surface area contributed by atoms with E-state index in [1.54, 1.807) is 0 Å². The number of likely N-dealkylation sites (tertiary alicyclic amines) is 4. The van der Waals surface area contributed by atoms with Gasteiger partial charge in [-0.2, -0.15) is 0 Å². The first-order chi connectivity index (χ1) is 33.1. The van der Waals surface area contributed by atoms with Crippen molar-refractivity contribution in [1.82, 2.24) is 46.2 Å². The number of amides is 9. The van der Waals surface area contributed by atoms with Crippen molar-refractivity contribution in [3.05, 3.63) is 0 Å². The zero-order valence-electron chi connectivity index (χ0n) is 39.0. The summed E-state index contributed by atoms with van der Waals surface area (Å²) >= 11 is 0. The van der Waals surface area contributed by atoms with Gasteiger partial charge < -0.3 is 78.7 Å². The van der Waals surface area contributed by atoms with E-state index < -0.39 is 145 Å². The summed E-state index contributed by atoms with van der Waals surface area (Å²) in [7, 11) is 0. The molecule has 28 heteroatoms. The number of aliphatic carboxylic acids is 3. The van der Waals surface area contributed by atoms with Crippen LogP contribution in [0.15, 0.2) is 4.99 Å². The Bertz CT molecular complexity index is 2050. The number of hydrogen-bond acceptors (Lipinski definition) is 14. The van der Waals surface area contributed by atoms with Gasteiger partial charge in [0.1, 0.15) is 48.3 Å². The normalized spacial score (nSPS) is 21.4. The van der Waals surface area contributed by atoms with Crippen LogP contribution in [-0.2, 0) is 57.5 Å². The molecule has 0 aromatic heterocycles. The predicted octanol–water partition coefficient (Wildman–Crippen LogP) is -5.54. The maximum Gasteiger partial charge on any atom is 0.326 e. The van der Waals surface area contributed by atoms with Gasteiger partial charge in [-0.3, -0.25) is 57.7 Å². The smallest absolute Gasteiger partial charge is 0.326 e. The second-order valence-electron chi connectivity index (χ2n) is 17.5. The van der Waals surface area contributed by atoms with Crippen LogP contribution in [0.25, 0.3) is 0 Å². The number of guanidine groups is 1. The van der Waals surface area contributed by atoms with E-state index in [4.69, 9.17) is 22.3 Å². The van der Waals surface area contributed by atoms with Gasteiger partial charge in [-0.25, -0.2) is 4.79 Å². The standard InChI is InChI=1S/C42H65N13O15/c1-22(34(62)51-25(41(69)70)19-33(60)61)48-36(64)27-9-4-15-52(27)37(65)23(7-2-14-46-42(44)45)50-31(57)21-47-35(63)26-8-3-16-53(26)39(67)29-11-6-18-55(29)40(68)28-10-5-17-54(28)38(66)24(12-13-32(58)59)49-30(56)20-43/h22-29H,2-21,43H2,1H3,(H,47,63)(H,48,64)(H,49,56)(H,50,57)(H,51,62)(H,58,59)(H,60,61)(H,69,70)(H4,44,45,46)/t22-,23-,24-,25-,26-,27-,28-,29-/m0/s1. The highest BCUT2D eigenvalue weighted by atomic mass is 16.4. The molecule has 4 saturated heterocycles. The third-order valence-corrected chi connectivity index (χ3v) is 12.5. The number of carbonyl (C=O) groups excluding carboxylic acids is 9. The molecular weight excluding hydrogens is 927 g/mol. The molecule has 4 rings (SSSR count). The third kappa shape index (κ3) is 15.2. The molecule has 0 unspecified atom stereocenters. The number of carbonyl (C=O) groups is 12. The van der Waals surface area contributed by atoms with Crippen LogP contribution < -0.4 is 43.8 Å². The van der Waals surface area contributed by atoms with Gasteiger partial charge in [-0.1, -0.05) is 0 Å². The molecule has 0 aromatic rings. The van der Waals surface area contributed by atoms with Gasteiger partial charge >= 0.3 is 17.9 Å². The second kappa shape index (κ2) is 26.0. The maximum absolute atomic E-state index is 14.2. The van der Waals surface area contributed by atoms with Gasteiger partial charge in [0.25, 0.3) is 0 Å². The summed E-state index contributed by atoms with van der Waals surface area (Å²) in [6.07, 6.45) is 1.26. The molecule has 14 N–H and O–H groups in total. The summed E-state index contributed by atoms with van der Waals surface area (Å²) in [5, 5.41) is 39.6. The molecule has 0 radical (unpaired) electrons. The molecule has 0 saturated carbocycles. The monoisotopic (exact) mass is 991 g/mol. The zero-order chi connectivity index (χ0) is 51.8. The average molecular weight is 992 g/mol. The van der Waals surface area contributed by atoms with Crippen LogP contribution in [0.1, 0.15) is 90.4 Å². The Balaban J connectivity index is 1.38. The van der Waals surface area contributed by atoms with E-state index in [-0.39, 0.29) is 83.6 Å². The topological polar surface area (TPSA) is 429 Å². The van der Waals surface area contributed by atoms with Crippen molar-refractivity contribution < 1.29 is 72.9 Å². The Morgan fingerprint density at radius 3 is 1.61 bits per heavy atom. The Labute approximate surface area is 402 Å². The molecule has 0 bridgehead atoms. The molecule has 70 heavy (non-hydrogen) atoms. The largest absolute Gasteiger partial charge is 0.481 e. The number of nitrogens with one attached hydrogen (secondary N) is 5. The summed E-state index contributed by atoms with van der Waals surface area (Å²) in [4.78, 5) is 164. The van der Waals surface area contributed by atoms with Crippen molar-refractivity contribution in [3.63, 3.8) is 0 Å². The highest BCUT2D eigenvalue weighted by Gasteiger charge is 2.47. The summed E-state index contributed by atoms with van der Waals surface area (Å²) in [5.41, 5.74) is 16.3. The number of hydrogen-bond donors (Lipinski definition) is 11. The molecule has 4 aliphatic rings. The first kappa shape index (κ1) is 55.5. The Morgan fingerprint density at radius 2 is 1.09 bits per heavy atom. The minimum absolute atomic E-state index is 0.0104. The molecule has 0 aromatic carbocycles. The van der Waals surface area contributed by atoms with Crippen LogP contribution in [0.3, 0.4) is 0 Å². The number of carboxylic acids is 3. The minimum atomic E-state index is -1.77. The average Bonchev–Trinajstić information content (AvgIpc) is 4.16. The fraction of sp³-hybridized carbons (Fsp3) is 0.690. The van der Waals surface area contributed by atoms with E-state index in [1.807, 2.05) is 0 Å². The van der Waals surface area contributed by atoms with E-state index >= 15 is 0 Å². The molecule has 8 atom stereocenters. The summed E-state index contributed by atoms with van der Waals surface area (Å²) in [6, 6.07) is -9.65. The van der Waals surface area contributed by atoms with Gasteiger partial charge in [0.2, 0.25) is 53.2 Å². The van der Waals surface area contributed by atoms with Crippen molar-refractivity contribution >= 4 is 77.0 Å². The lowest BCUT2D eigenvalue weighted by Crippen LogP contribution is -2.58. The van der Waals surface area contributed by atoms with Gasteiger partial charge in [0.05, 0.1) is 19.5 Å². The van der Waals surface area contributed by atoms with Crippen molar-refractivity contribution in [3.8, 4) is 0 Å². The van der Waals surface area contributed by atoms with Crippen LogP contribution in [0.2, 0.25) is 0 Å². The number of nitrogens with two attached hydrogens (primary N) is 3. The summed E-state index contributed by atoms with van der Waals surface area (Å²) in [6.45, 7) is 0.878. The van der Waals surface area contributed by atoms with Crippen LogP contribution >= 0.6 is 0 Å². The highest BCUT2D eigenvalue weighted by Crippen LogP contribution is 2.29. The van der Waals surface area contributed by atoms with Crippen molar-refractivity contribution in [2.75, 3.05) is 45.8 Å². The van der Waals surface area contributed by atoms with Crippen molar-refractivity contribution in [2.24, 2.45) is 22.2 Å². The summed E-state index contributed by atoms with van der Waals surface area (Å²) in [5.74, 6) is -10.7. The molecule has 4 fully saturated rings. The third-order valence-electron chi connectivity index (χ3n) is 12.5. The SMILES string of the molecule is C[C@H](NC(=O)[C@@H]1CCCN1C(=O)[C@H](CCCN=C(N)N)NC(=O)CNC(=O)[C@@H]1CCCN1C(=O)[C@@H]1CCCN1C(=O)[C@@H]1CCCN1C(=O)[C@H](CCC(=O)O)NC(=O)CN)C(=O)N[C@@H](CC(=O)O)C(=O)O. The van der Waals surface area contributed by atoms with Crippen molar-refractivity contribution in [1.29, 1.82) is 0 Å². The molecular formula is C42H65N13O15. The Morgan fingerprint density at radius 1 is 0.600 bits per heavy atom. The van der Waals surface area contributed by atoms with Gasteiger partial charge in [-0.15, -0.1) is 0 Å². The van der Waals surface area contributed by atoms with Gasteiger partial charge in [0.15, 0.2) is 5.96 Å². The van der Waals surface area contributed by atoms with Gasteiger partial charge in [-0.05, 0) is 77.6 Å². The van der Waals surface area contributed by atoms with Crippen LogP contribution in [0.5, 0.6) is 0 Å². The predicted molar refractivity (Wildman–Crippen MR) is 241 cm³/mol. The molecule has 9 amide bonds. The number of nitrogens with zero attached hydrogens (tertiary/aromatic N) is 5. The Hall–Kier alpha value is -7.13. The lowest BCUT2D eigenvalue weighted by Gasteiger charge is -2.35. The highest BCUT2D eigenvalue weighted by molar-refractivity contribution is 5.98. The number of carboxylic acid groups (broad SMARTS) is 3. The fourth-order valence-corrected chi connectivity index (χ4v) is 9.08. The lowest BCUT2D eigenvalue weighted by molar-refractivity contribution is -0.151. The zero-order valence-corrected chi connectivity index (χ0v) is 39.0. The van der Waals surface area contributed by atoms with Crippen LogP contribution in [0, 0.1) is 0 Å². The maximum atomic E-state index is 14.2. The minimum Gasteiger partial charge on any atom is -0.481 e. The lowest BCUT2D eigenvalue weighted by atomic mass is 10.1. The molecule has 4 heterocycles. The molecule has 0 aliphatic carbocycles. The summed E-state index contributed by atoms with van der Waals surface area (Å²) < 4.78 is 0. The van der Waals surface area contributed by atoms with E-state index in [0.717, 1.165) is 0 Å². The van der Waals surface area contributed by atoms with Crippen molar-refractivity contribution in [2.45, 2.75) is 139 Å². The van der Waals surface area contributed by atoms with Gasteiger partial charge in [0, 0.05) is 39.1 Å². The number of rotatable bonds is 24. The molecule has 0 spiro atoms. The molecule has 388 valence electrons. The molecule has 28 nitrogen and oxygen atoms in total. The first-order valence-corrected chi connectivity index (χ1v) is 23.3. The second-order valence-corrected chi connectivity index (χ2v) is 17.5. The first-order valence-electron chi connectivity index (χ1n) is 23.3. The van der Waals surface area contributed by atoms with Crippen LogP contribution in [0.4, 0.5) is 0 Å². The fourth-order valence-electron chi connectivity index (χ4n) is 9.08.